The molecule has 0 saturated heterocycles. The van der Waals surface area contributed by atoms with Crippen LogP contribution in [0.4, 0.5) is 11.4 Å². The summed E-state index contributed by atoms with van der Waals surface area (Å²) in [6.45, 7) is 0.647. The fourth-order valence-electron chi connectivity index (χ4n) is 1.66. The Labute approximate surface area is 93.6 Å². The van der Waals surface area contributed by atoms with E-state index in [4.69, 9.17) is 5.73 Å². The number of nitrogens with one attached hydrogen (secondary N) is 2. The SMILES string of the molecule is NCC(O)CNc1ccc2c(c1)CC(=O)N2. The molecule has 1 aliphatic heterocycles. The molecule has 86 valence electrons. The molecule has 1 atom stereocenters. The Kier molecular flexibility index (Phi) is 3.07. The lowest BCUT2D eigenvalue weighted by Crippen LogP contribution is -2.27. The van der Waals surface area contributed by atoms with Gasteiger partial charge in [0.1, 0.15) is 0 Å². The van der Waals surface area contributed by atoms with Crippen molar-refractivity contribution < 1.29 is 9.90 Å². The number of anilines is 2. The summed E-state index contributed by atoms with van der Waals surface area (Å²) < 4.78 is 0. The Morgan fingerprint density at radius 2 is 2.38 bits per heavy atom. The quantitative estimate of drug-likeness (QED) is 0.572. The molecule has 0 aliphatic carbocycles. The number of nitrogens with two attached hydrogens (primary N) is 1. The summed E-state index contributed by atoms with van der Waals surface area (Å²) in [4.78, 5) is 11.1. The Morgan fingerprint density at radius 3 is 3.12 bits per heavy atom. The van der Waals surface area contributed by atoms with Gasteiger partial charge in [0, 0.05) is 24.5 Å². The van der Waals surface area contributed by atoms with Crippen LogP contribution in [-0.2, 0) is 11.2 Å². The molecular formula is C11H15N3O2. The lowest BCUT2D eigenvalue weighted by atomic mass is 10.1. The number of fused-ring (bicyclic) bond motifs is 1. The Morgan fingerprint density at radius 1 is 1.56 bits per heavy atom. The monoisotopic (exact) mass is 221 g/mol. The molecule has 1 amide bonds. The van der Waals surface area contributed by atoms with Gasteiger partial charge in [-0.2, -0.15) is 0 Å². The van der Waals surface area contributed by atoms with Gasteiger partial charge in [-0.1, -0.05) is 0 Å². The molecule has 1 aliphatic rings. The number of carbonyl (C=O) groups excluding carboxylic acids is 1. The third-order valence-electron chi connectivity index (χ3n) is 2.54. The molecular weight excluding hydrogens is 206 g/mol. The van der Waals surface area contributed by atoms with Crippen LogP contribution in [0.2, 0.25) is 0 Å². The van der Waals surface area contributed by atoms with Crippen molar-refractivity contribution in [2.45, 2.75) is 12.5 Å². The van der Waals surface area contributed by atoms with Crippen molar-refractivity contribution in [1.29, 1.82) is 0 Å². The first-order valence-corrected chi connectivity index (χ1v) is 5.24. The predicted octanol–water partition coefficient (Wildman–Crippen LogP) is -0.0873. The zero-order valence-corrected chi connectivity index (χ0v) is 8.86. The largest absolute Gasteiger partial charge is 0.390 e. The number of hydrogen-bond acceptors (Lipinski definition) is 4. The van der Waals surface area contributed by atoms with E-state index >= 15 is 0 Å². The molecule has 16 heavy (non-hydrogen) atoms. The van der Waals surface area contributed by atoms with Crippen molar-refractivity contribution in [1.82, 2.24) is 0 Å². The van der Waals surface area contributed by atoms with E-state index in [1.165, 1.54) is 0 Å². The maximum atomic E-state index is 11.1. The Balaban J connectivity index is 2.02. The fourth-order valence-corrected chi connectivity index (χ4v) is 1.66. The van der Waals surface area contributed by atoms with Crippen molar-refractivity contribution in [3.63, 3.8) is 0 Å². The van der Waals surface area contributed by atoms with Gasteiger partial charge in [0.2, 0.25) is 5.91 Å². The van der Waals surface area contributed by atoms with Crippen LogP contribution in [0.15, 0.2) is 18.2 Å². The van der Waals surface area contributed by atoms with Gasteiger partial charge >= 0.3 is 0 Å². The van der Waals surface area contributed by atoms with Crippen LogP contribution in [0, 0.1) is 0 Å². The lowest BCUT2D eigenvalue weighted by molar-refractivity contribution is -0.115. The minimum absolute atomic E-state index is 0.0224. The van der Waals surface area contributed by atoms with Crippen LogP contribution < -0.4 is 16.4 Å². The molecule has 1 aromatic rings. The zero-order valence-electron chi connectivity index (χ0n) is 8.86. The molecule has 0 aromatic heterocycles. The van der Waals surface area contributed by atoms with Gasteiger partial charge in [-0.05, 0) is 23.8 Å². The second-order valence-corrected chi connectivity index (χ2v) is 3.87. The minimum Gasteiger partial charge on any atom is -0.390 e. The summed E-state index contributed by atoms with van der Waals surface area (Å²) in [6.07, 6.45) is -0.127. The number of amides is 1. The van der Waals surface area contributed by atoms with Gasteiger partial charge in [-0.3, -0.25) is 4.79 Å². The summed E-state index contributed by atoms with van der Waals surface area (Å²) in [6, 6.07) is 5.64. The topological polar surface area (TPSA) is 87.4 Å². The van der Waals surface area contributed by atoms with Crippen molar-refractivity contribution in [2.24, 2.45) is 5.73 Å². The van der Waals surface area contributed by atoms with Crippen molar-refractivity contribution in [3.05, 3.63) is 23.8 Å². The minimum atomic E-state index is -0.548. The van der Waals surface area contributed by atoms with E-state index in [1.807, 2.05) is 18.2 Å². The average molecular weight is 221 g/mol. The lowest BCUT2D eigenvalue weighted by Gasteiger charge is -2.11. The van der Waals surface area contributed by atoms with E-state index in [2.05, 4.69) is 10.6 Å². The highest BCUT2D eigenvalue weighted by Crippen LogP contribution is 2.25. The van der Waals surface area contributed by atoms with Crippen LogP contribution in [0.5, 0.6) is 0 Å². The highest BCUT2D eigenvalue weighted by Gasteiger charge is 2.17. The van der Waals surface area contributed by atoms with Crippen molar-refractivity contribution in [3.8, 4) is 0 Å². The molecule has 0 saturated carbocycles. The smallest absolute Gasteiger partial charge is 0.228 e. The summed E-state index contributed by atoms with van der Waals surface area (Å²) in [5.74, 6) is 0.0224. The van der Waals surface area contributed by atoms with Gasteiger partial charge in [-0.15, -0.1) is 0 Å². The summed E-state index contributed by atoms with van der Waals surface area (Å²) in [5.41, 5.74) is 8.05. The maximum Gasteiger partial charge on any atom is 0.228 e. The van der Waals surface area contributed by atoms with E-state index in [0.717, 1.165) is 16.9 Å². The molecule has 0 bridgehead atoms. The van der Waals surface area contributed by atoms with E-state index in [1.54, 1.807) is 0 Å². The number of carbonyl (C=O) groups is 1. The molecule has 1 unspecified atom stereocenters. The summed E-state index contributed by atoms with van der Waals surface area (Å²) in [5, 5.41) is 15.1. The van der Waals surface area contributed by atoms with Crippen molar-refractivity contribution >= 4 is 17.3 Å². The molecule has 5 nitrogen and oxygen atoms in total. The van der Waals surface area contributed by atoms with Gasteiger partial charge in [0.25, 0.3) is 0 Å². The standard InChI is InChI=1S/C11H15N3O2/c12-5-9(15)6-13-8-1-2-10-7(3-8)4-11(16)14-10/h1-3,9,13,15H,4-6,12H2,(H,14,16). The van der Waals surface area contributed by atoms with Gasteiger partial charge in [0.05, 0.1) is 12.5 Å². The third kappa shape index (κ3) is 2.32. The average Bonchev–Trinajstić information content (AvgIpc) is 2.65. The van der Waals surface area contributed by atoms with Gasteiger partial charge in [-0.25, -0.2) is 0 Å². The summed E-state index contributed by atoms with van der Waals surface area (Å²) >= 11 is 0. The molecule has 5 N–H and O–H groups in total. The predicted molar refractivity (Wildman–Crippen MR) is 62.3 cm³/mol. The second-order valence-electron chi connectivity index (χ2n) is 3.87. The number of aliphatic hydroxyl groups excluding tert-OH is 1. The Bertz CT molecular complexity index is 406. The first-order valence-electron chi connectivity index (χ1n) is 5.24. The molecule has 1 heterocycles. The summed E-state index contributed by atoms with van der Waals surface area (Å²) in [7, 11) is 0. The third-order valence-corrected chi connectivity index (χ3v) is 2.54. The molecule has 5 heteroatoms. The second kappa shape index (κ2) is 4.51. The fraction of sp³-hybridized carbons (Fsp3) is 0.364. The van der Waals surface area contributed by atoms with Crippen LogP contribution in [0.3, 0.4) is 0 Å². The van der Waals surface area contributed by atoms with Crippen LogP contribution >= 0.6 is 0 Å². The first-order chi connectivity index (χ1) is 7.69. The van der Waals surface area contributed by atoms with Crippen LogP contribution in [-0.4, -0.2) is 30.2 Å². The highest BCUT2D eigenvalue weighted by molar-refractivity contribution is 5.99. The molecule has 0 fully saturated rings. The molecule has 0 spiro atoms. The maximum absolute atomic E-state index is 11.1. The van der Waals surface area contributed by atoms with Crippen molar-refractivity contribution in [2.75, 3.05) is 23.7 Å². The van der Waals surface area contributed by atoms with Crippen LogP contribution in [0.1, 0.15) is 5.56 Å². The number of benzene rings is 1. The van der Waals surface area contributed by atoms with Gasteiger partial charge < -0.3 is 21.5 Å². The van der Waals surface area contributed by atoms with E-state index in [0.29, 0.717) is 13.0 Å². The van der Waals surface area contributed by atoms with E-state index in [9.17, 15) is 9.90 Å². The molecule has 0 radical (unpaired) electrons. The van der Waals surface area contributed by atoms with Crippen LogP contribution in [0.25, 0.3) is 0 Å². The first kappa shape index (κ1) is 10.9. The number of aliphatic hydroxyl groups is 1. The molecule has 2 rings (SSSR count). The van der Waals surface area contributed by atoms with E-state index < -0.39 is 6.10 Å². The highest BCUT2D eigenvalue weighted by atomic mass is 16.3. The van der Waals surface area contributed by atoms with E-state index in [-0.39, 0.29) is 12.5 Å². The number of rotatable bonds is 4. The Hall–Kier alpha value is -1.59. The normalized spacial score (nSPS) is 15.5. The molecule has 1 aromatic carbocycles. The van der Waals surface area contributed by atoms with Gasteiger partial charge in [0.15, 0.2) is 0 Å². The zero-order chi connectivity index (χ0) is 11.5. The number of hydrogen-bond donors (Lipinski definition) is 4.